The zero-order valence-electron chi connectivity index (χ0n) is 18.8. The molecule has 4 aromatic rings. The Kier molecular flexibility index (Phi) is 6.59. The van der Waals surface area contributed by atoms with Gasteiger partial charge in [-0.2, -0.15) is 13.2 Å². The fourth-order valence-electron chi connectivity index (χ4n) is 4.08. The molecular weight excluding hydrogens is 439 g/mol. The second kappa shape index (κ2) is 9.59. The SMILES string of the molecule is CCOC(=O)/C=C(\C)c1ccc2c(ccn2C(c2ccccc2)c2ccc(C(F)(F)F)cc2)c1. The van der Waals surface area contributed by atoms with E-state index in [0.717, 1.165) is 45.3 Å². The fourth-order valence-corrected chi connectivity index (χ4v) is 4.08. The monoisotopic (exact) mass is 463 g/mol. The molecule has 3 aromatic carbocycles. The van der Waals surface area contributed by atoms with Crippen molar-refractivity contribution in [1.82, 2.24) is 4.57 Å². The summed E-state index contributed by atoms with van der Waals surface area (Å²) in [6, 6.07) is 22.5. The van der Waals surface area contributed by atoms with Crippen LogP contribution in [0.5, 0.6) is 0 Å². The Hall–Kier alpha value is -3.80. The summed E-state index contributed by atoms with van der Waals surface area (Å²) in [5, 5.41) is 0.960. The summed E-state index contributed by atoms with van der Waals surface area (Å²) >= 11 is 0. The third-order valence-electron chi connectivity index (χ3n) is 5.74. The Morgan fingerprint density at radius 1 is 0.971 bits per heavy atom. The quantitative estimate of drug-likeness (QED) is 0.223. The lowest BCUT2D eigenvalue weighted by molar-refractivity contribution is -0.138. The zero-order valence-corrected chi connectivity index (χ0v) is 18.8. The van der Waals surface area contributed by atoms with Crippen LogP contribution in [0.2, 0.25) is 0 Å². The molecule has 0 saturated carbocycles. The third kappa shape index (κ3) is 4.91. The number of hydrogen-bond acceptors (Lipinski definition) is 2. The minimum Gasteiger partial charge on any atom is -0.463 e. The van der Waals surface area contributed by atoms with Crippen molar-refractivity contribution in [3.05, 3.63) is 113 Å². The molecule has 174 valence electrons. The van der Waals surface area contributed by atoms with Gasteiger partial charge < -0.3 is 9.30 Å². The van der Waals surface area contributed by atoms with E-state index >= 15 is 0 Å². The van der Waals surface area contributed by atoms with Crippen molar-refractivity contribution >= 4 is 22.4 Å². The summed E-state index contributed by atoms with van der Waals surface area (Å²) in [6.07, 6.45) is -0.975. The summed E-state index contributed by atoms with van der Waals surface area (Å²) in [6.45, 7) is 3.93. The fraction of sp³-hybridized carbons (Fsp3) is 0.179. The number of ether oxygens (including phenoxy) is 1. The highest BCUT2D eigenvalue weighted by molar-refractivity contribution is 5.93. The van der Waals surface area contributed by atoms with Crippen molar-refractivity contribution in [3.63, 3.8) is 0 Å². The van der Waals surface area contributed by atoms with Crippen molar-refractivity contribution in [2.45, 2.75) is 26.1 Å². The Morgan fingerprint density at radius 2 is 1.65 bits per heavy atom. The van der Waals surface area contributed by atoms with Crippen LogP contribution >= 0.6 is 0 Å². The standard InChI is InChI=1S/C28H24F3NO2/c1-3-34-26(33)17-19(2)22-11-14-25-23(18-22)15-16-32(25)27(20-7-5-4-6-8-20)21-9-12-24(13-10-21)28(29,30)31/h4-18,27H,3H2,1-2H3/b19-17+. The van der Waals surface area contributed by atoms with Crippen molar-refractivity contribution in [1.29, 1.82) is 0 Å². The molecule has 0 amide bonds. The molecule has 4 rings (SSSR count). The molecule has 1 unspecified atom stereocenters. The average molecular weight is 463 g/mol. The molecule has 0 bridgehead atoms. The molecular formula is C28H24F3NO2. The first-order valence-electron chi connectivity index (χ1n) is 11.0. The topological polar surface area (TPSA) is 31.2 Å². The number of rotatable bonds is 6. The highest BCUT2D eigenvalue weighted by atomic mass is 19.4. The lowest BCUT2D eigenvalue weighted by Gasteiger charge is -2.22. The van der Waals surface area contributed by atoms with E-state index in [0.29, 0.717) is 6.61 Å². The third-order valence-corrected chi connectivity index (χ3v) is 5.74. The van der Waals surface area contributed by atoms with Gasteiger partial charge in [-0.25, -0.2) is 4.79 Å². The van der Waals surface area contributed by atoms with E-state index in [1.165, 1.54) is 18.2 Å². The Balaban J connectivity index is 1.77. The van der Waals surface area contributed by atoms with Crippen LogP contribution in [0.4, 0.5) is 13.2 Å². The molecule has 0 aliphatic rings. The molecule has 1 atom stereocenters. The van der Waals surface area contributed by atoms with E-state index < -0.39 is 11.7 Å². The van der Waals surface area contributed by atoms with E-state index in [1.807, 2.05) is 67.7 Å². The highest BCUT2D eigenvalue weighted by Gasteiger charge is 2.30. The number of hydrogen-bond donors (Lipinski definition) is 0. The molecule has 0 aliphatic carbocycles. The van der Waals surface area contributed by atoms with Gasteiger partial charge in [-0.15, -0.1) is 0 Å². The van der Waals surface area contributed by atoms with E-state index in [4.69, 9.17) is 4.74 Å². The van der Waals surface area contributed by atoms with Gasteiger partial charge in [0.2, 0.25) is 0 Å². The molecule has 34 heavy (non-hydrogen) atoms. The van der Waals surface area contributed by atoms with Crippen LogP contribution in [0.1, 0.15) is 42.1 Å². The Morgan fingerprint density at radius 3 is 2.29 bits per heavy atom. The number of aromatic nitrogens is 1. The first-order chi connectivity index (χ1) is 16.3. The number of nitrogens with zero attached hydrogens (tertiary/aromatic N) is 1. The van der Waals surface area contributed by atoms with Crippen LogP contribution in [0.25, 0.3) is 16.5 Å². The lowest BCUT2D eigenvalue weighted by atomic mass is 9.97. The van der Waals surface area contributed by atoms with E-state index in [2.05, 4.69) is 4.57 Å². The van der Waals surface area contributed by atoms with Crippen LogP contribution in [0, 0.1) is 0 Å². The molecule has 6 heteroatoms. The minimum atomic E-state index is -4.38. The first-order valence-corrected chi connectivity index (χ1v) is 11.0. The number of benzene rings is 3. The smallest absolute Gasteiger partial charge is 0.416 e. The summed E-state index contributed by atoms with van der Waals surface area (Å²) < 4.78 is 46.4. The number of alkyl halides is 3. The van der Waals surface area contributed by atoms with Gasteiger partial charge in [0.25, 0.3) is 0 Å². The van der Waals surface area contributed by atoms with Gasteiger partial charge in [-0.1, -0.05) is 48.5 Å². The molecule has 0 spiro atoms. The molecule has 1 aromatic heterocycles. The van der Waals surface area contributed by atoms with E-state index in [1.54, 1.807) is 6.92 Å². The second-order valence-corrected chi connectivity index (χ2v) is 8.01. The van der Waals surface area contributed by atoms with Crippen LogP contribution in [0.15, 0.2) is 91.1 Å². The van der Waals surface area contributed by atoms with Crippen LogP contribution in [-0.2, 0) is 15.7 Å². The van der Waals surface area contributed by atoms with Gasteiger partial charge in [0.05, 0.1) is 18.2 Å². The van der Waals surface area contributed by atoms with Gasteiger partial charge in [-0.05, 0) is 66.4 Å². The van der Waals surface area contributed by atoms with Crippen molar-refractivity contribution in [2.75, 3.05) is 6.61 Å². The first kappa shape index (κ1) is 23.4. The van der Waals surface area contributed by atoms with Crippen molar-refractivity contribution < 1.29 is 22.7 Å². The van der Waals surface area contributed by atoms with E-state index in [9.17, 15) is 18.0 Å². The number of halogens is 3. The lowest BCUT2D eigenvalue weighted by Crippen LogP contribution is -2.12. The predicted molar refractivity (Wildman–Crippen MR) is 127 cm³/mol. The van der Waals surface area contributed by atoms with E-state index in [-0.39, 0.29) is 12.0 Å². The van der Waals surface area contributed by atoms with Crippen molar-refractivity contribution in [2.24, 2.45) is 0 Å². The highest BCUT2D eigenvalue weighted by Crippen LogP contribution is 2.34. The minimum absolute atomic E-state index is 0.303. The molecule has 0 saturated heterocycles. The van der Waals surface area contributed by atoms with Crippen LogP contribution in [-0.4, -0.2) is 17.1 Å². The molecule has 3 nitrogen and oxygen atoms in total. The van der Waals surface area contributed by atoms with Gasteiger partial charge in [0.1, 0.15) is 0 Å². The summed E-state index contributed by atoms with van der Waals surface area (Å²) in [4.78, 5) is 11.8. The molecule has 0 radical (unpaired) electrons. The Labute approximate surface area is 196 Å². The zero-order chi connectivity index (χ0) is 24.3. The summed E-state index contributed by atoms with van der Waals surface area (Å²) in [7, 11) is 0. The van der Waals surface area contributed by atoms with Gasteiger partial charge in [0, 0.05) is 23.2 Å². The number of carbonyl (C=O) groups excluding carboxylic acids is 1. The maximum atomic E-state index is 13.1. The Bertz CT molecular complexity index is 1320. The average Bonchev–Trinajstić information content (AvgIpc) is 3.23. The normalized spacial score (nSPS) is 13.1. The van der Waals surface area contributed by atoms with Gasteiger partial charge in [-0.3, -0.25) is 0 Å². The van der Waals surface area contributed by atoms with Crippen LogP contribution < -0.4 is 0 Å². The number of allylic oxidation sites excluding steroid dienone is 1. The maximum absolute atomic E-state index is 13.1. The number of fused-ring (bicyclic) bond motifs is 1. The molecule has 0 N–H and O–H groups in total. The van der Waals surface area contributed by atoms with Crippen LogP contribution in [0.3, 0.4) is 0 Å². The van der Waals surface area contributed by atoms with Gasteiger partial charge in [0.15, 0.2) is 0 Å². The molecule has 0 aliphatic heterocycles. The summed E-state index contributed by atoms with van der Waals surface area (Å²) in [5.41, 5.74) is 3.65. The number of carbonyl (C=O) groups is 1. The second-order valence-electron chi connectivity index (χ2n) is 8.01. The molecule has 0 fully saturated rings. The largest absolute Gasteiger partial charge is 0.463 e. The predicted octanol–water partition coefficient (Wildman–Crippen LogP) is 7.26. The maximum Gasteiger partial charge on any atom is 0.416 e. The number of esters is 1. The van der Waals surface area contributed by atoms with Crippen molar-refractivity contribution in [3.8, 4) is 0 Å². The summed E-state index contributed by atoms with van der Waals surface area (Å²) in [5.74, 6) is -0.385. The molecule has 1 heterocycles. The van der Waals surface area contributed by atoms with Gasteiger partial charge >= 0.3 is 12.1 Å².